The first-order chi connectivity index (χ1) is 8.18. The topological polar surface area (TPSA) is 29.1 Å². The van der Waals surface area contributed by atoms with Gasteiger partial charge in [-0.1, -0.05) is 44.2 Å². The molecule has 0 aliphatic rings. The van der Waals surface area contributed by atoms with E-state index in [-0.39, 0.29) is 5.91 Å². The third-order valence-corrected chi connectivity index (χ3v) is 3.63. The first-order valence-electron chi connectivity index (χ1n) is 6.07. The summed E-state index contributed by atoms with van der Waals surface area (Å²) in [5.74, 6) is 2.42. The Morgan fingerprint density at radius 1 is 1.29 bits per heavy atom. The summed E-state index contributed by atoms with van der Waals surface area (Å²) in [6.07, 6.45) is 0.904. The minimum absolute atomic E-state index is 0.145. The molecule has 0 heterocycles. The second-order valence-corrected chi connectivity index (χ2v) is 5.52. The van der Waals surface area contributed by atoms with Gasteiger partial charge in [0.05, 0.1) is 5.75 Å². The standard InChI is InChI=1S/C14H21NOS/c1-12(2)10-17-11-14(16)15-9-8-13-6-4-3-5-7-13/h3-7,12H,8-11H2,1-2H3,(H,15,16). The molecular formula is C14H21NOS. The predicted octanol–water partition coefficient (Wildman–Crippen LogP) is 2.73. The normalized spacial score (nSPS) is 10.5. The van der Waals surface area contributed by atoms with E-state index in [4.69, 9.17) is 0 Å². The maximum atomic E-state index is 11.5. The van der Waals surface area contributed by atoms with Crippen LogP contribution in [0.1, 0.15) is 19.4 Å². The maximum absolute atomic E-state index is 11.5. The molecule has 0 atom stereocenters. The first kappa shape index (κ1) is 14.1. The minimum Gasteiger partial charge on any atom is -0.355 e. The van der Waals surface area contributed by atoms with Gasteiger partial charge in [-0.15, -0.1) is 0 Å². The average Bonchev–Trinajstić information content (AvgIpc) is 2.30. The Balaban J connectivity index is 2.08. The van der Waals surface area contributed by atoms with Gasteiger partial charge in [0.1, 0.15) is 0 Å². The molecule has 1 rings (SSSR count). The van der Waals surface area contributed by atoms with Gasteiger partial charge in [-0.3, -0.25) is 4.79 Å². The van der Waals surface area contributed by atoms with Crippen LogP contribution in [0.5, 0.6) is 0 Å². The molecule has 0 saturated carbocycles. The molecule has 0 spiro atoms. The van der Waals surface area contributed by atoms with Crippen molar-refractivity contribution < 1.29 is 4.79 Å². The van der Waals surface area contributed by atoms with Gasteiger partial charge in [-0.25, -0.2) is 0 Å². The van der Waals surface area contributed by atoms with Gasteiger partial charge in [0.15, 0.2) is 0 Å². The van der Waals surface area contributed by atoms with Crippen molar-refractivity contribution in [3.63, 3.8) is 0 Å². The van der Waals surface area contributed by atoms with Crippen LogP contribution in [0.2, 0.25) is 0 Å². The second-order valence-electron chi connectivity index (χ2n) is 4.49. The Morgan fingerprint density at radius 3 is 2.65 bits per heavy atom. The van der Waals surface area contributed by atoms with Crippen molar-refractivity contribution in [1.29, 1.82) is 0 Å². The summed E-state index contributed by atoms with van der Waals surface area (Å²) in [6, 6.07) is 10.2. The Labute approximate surface area is 108 Å². The van der Waals surface area contributed by atoms with E-state index in [1.807, 2.05) is 18.2 Å². The monoisotopic (exact) mass is 251 g/mol. The molecule has 1 aromatic rings. The lowest BCUT2D eigenvalue weighted by Gasteiger charge is -2.06. The van der Waals surface area contributed by atoms with Crippen molar-refractivity contribution in [3.8, 4) is 0 Å². The molecule has 0 unspecified atom stereocenters. The molecule has 0 fully saturated rings. The first-order valence-corrected chi connectivity index (χ1v) is 7.22. The highest BCUT2D eigenvalue weighted by Gasteiger charge is 2.02. The highest BCUT2D eigenvalue weighted by atomic mass is 32.2. The third-order valence-electron chi connectivity index (χ3n) is 2.26. The summed E-state index contributed by atoms with van der Waals surface area (Å²) in [6.45, 7) is 5.06. The third kappa shape index (κ3) is 7.05. The molecule has 3 heteroatoms. The fourth-order valence-corrected chi connectivity index (χ4v) is 2.31. The molecule has 0 aliphatic heterocycles. The molecule has 2 nitrogen and oxygen atoms in total. The van der Waals surface area contributed by atoms with Crippen LogP contribution in [-0.4, -0.2) is 24.0 Å². The molecule has 0 aromatic heterocycles. The number of carbonyl (C=O) groups is 1. The van der Waals surface area contributed by atoms with Gasteiger partial charge >= 0.3 is 0 Å². The summed E-state index contributed by atoms with van der Waals surface area (Å²) in [7, 11) is 0. The fourth-order valence-electron chi connectivity index (χ4n) is 1.43. The summed E-state index contributed by atoms with van der Waals surface area (Å²) in [5.41, 5.74) is 1.27. The summed E-state index contributed by atoms with van der Waals surface area (Å²) >= 11 is 1.70. The smallest absolute Gasteiger partial charge is 0.230 e. The quantitative estimate of drug-likeness (QED) is 0.807. The van der Waals surface area contributed by atoms with E-state index >= 15 is 0 Å². The van der Waals surface area contributed by atoms with Gasteiger partial charge < -0.3 is 5.32 Å². The fraction of sp³-hybridized carbons (Fsp3) is 0.500. The number of hydrogen-bond donors (Lipinski definition) is 1. The van der Waals surface area contributed by atoms with Gasteiger partial charge in [-0.05, 0) is 23.7 Å². The molecule has 1 N–H and O–H groups in total. The zero-order valence-electron chi connectivity index (χ0n) is 10.6. The second kappa shape index (κ2) is 8.18. The van der Waals surface area contributed by atoms with Crippen LogP contribution in [0, 0.1) is 5.92 Å². The van der Waals surface area contributed by atoms with Crippen molar-refractivity contribution in [1.82, 2.24) is 5.32 Å². The van der Waals surface area contributed by atoms with Crippen molar-refractivity contribution in [2.75, 3.05) is 18.1 Å². The molecule has 0 aliphatic carbocycles. The SMILES string of the molecule is CC(C)CSCC(=O)NCCc1ccccc1. The number of nitrogens with one attached hydrogen (secondary N) is 1. The van der Waals surface area contributed by atoms with Crippen molar-refractivity contribution in [2.45, 2.75) is 20.3 Å². The highest BCUT2D eigenvalue weighted by molar-refractivity contribution is 7.99. The molecule has 17 heavy (non-hydrogen) atoms. The van der Waals surface area contributed by atoms with Crippen molar-refractivity contribution in [2.24, 2.45) is 5.92 Å². The van der Waals surface area contributed by atoms with Crippen molar-refractivity contribution >= 4 is 17.7 Å². The van der Waals surface area contributed by atoms with Crippen LogP contribution >= 0.6 is 11.8 Å². The highest BCUT2D eigenvalue weighted by Crippen LogP contribution is 2.06. The molecule has 0 radical (unpaired) electrons. The molecule has 1 aromatic carbocycles. The summed E-state index contributed by atoms with van der Waals surface area (Å²) in [5, 5.41) is 2.95. The van der Waals surface area contributed by atoms with Gasteiger partial charge in [-0.2, -0.15) is 11.8 Å². The van der Waals surface area contributed by atoms with E-state index in [9.17, 15) is 4.79 Å². The van der Waals surface area contributed by atoms with Crippen LogP contribution in [0.15, 0.2) is 30.3 Å². The number of benzene rings is 1. The number of hydrogen-bond acceptors (Lipinski definition) is 2. The predicted molar refractivity (Wildman–Crippen MR) is 75.3 cm³/mol. The minimum atomic E-state index is 0.145. The Bertz CT molecular complexity index is 324. The van der Waals surface area contributed by atoms with E-state index in [0.717, 1.165) is 18.7 Å². The number of rotatable bonds is 7. The number of carbonyl (C=O) groups excluding carboxylic acids is 1. The van der Waals surface area contributed by atoms with Crippen LogP contribution in [0.4, 0.5) is 0 Å². The molecular weight excluding hydrogens is 230 g/mol. The Hall–Kier alpha value is -0.960. The zero-order chi connectivity index (χ0) is 12.5. The van der Waals surface area contributed by atoms with E-state index in [1.165, 1.54) is 5.56 Å². The lowest BCUT2D eigenvalue weighted by Crippen LogP contribution is -2.27. The summed E-state index contributed by atoms with van der Waals surface area (Å²) in [4.78, 5) is 11.5. The van der Waals surface area contributed by atoms with Crippen LogP contribution < -0.4 is 5.32 Å². The molecule has 94 valence electrons. The lowest BCUT2D eigenvalue weighted by atomic mass is 10.1. The summed E-state index contributed by atoms with van der Waals surface area (Å²) < 4.78 is 0. The van der Waals surface area contributed by atoms with E-state index in [1.54, 1.807) is 11.8 Å². The van der Waals surface area contributed by atoms with E-state index < -0.39 is 0 Å². The Kier molecular flexibility index (Phi) is 6.78. The Morgan fingerprint density at radius 2 is 2.00 bits per heavy atom. The van der Waals surface area contributed by atoms with Crippen LogP contribution in [0.3, 0.4) is 0 Å². The average molecular weight is 251 g/mol. The van der Waals surface area contributed by atoms with Gasteiger partial charge in [0.2, 0.25) is 5.91 Å². The number of amides is 1. The van der Waals surface area contributed by atoms with Gasteiger partial charge in [0, 0.05) is 6.54 Å². The number of thioether (sulfide) groups is 1. The largest absolute Gasteiger partial charge is 0.355 e. The maximum Gasteiger partial charge on any atom is 0.230 e. The molecule has 0 bridgehead atoms. The van der Waals surface area contributed by atoms with E-state index in [0.29, 0.717) is 11.7 Å². The zero-order valence-corrected chi connectivity index (χ0v) is 11.4. The molecule has 0 saturated heterocycles. The van der Waals surface area contributed by atoms with Crippen LogP contribution in [0.25, 0.3) is 0 Å². The lowest BCUT2D eigenvalue weighted by molar-refractivity contribution is -0.118. The molecule has 1 amide bonds. The van der Waals surface area contributed by atoms with Crippen molar-refractivity contribution in [3.05, 3.63) is 35.9 Å². The van der Waals surface area contributed by atoms with Gasteiger partial charge in [0.25, 0.3) is 0 Å². The van der Waals surface area contributed by atoms with Crippen LogP contribution in [-0.2, 0) is 11.2 Å². The van der Waals surface area contributed by atoms with E-state index in [2.05, 4.69) is 31.3 Å².